The van der Waals surface area contributed by atoms with Gasteiger partial charge in [0.2, 0.25) is 0 Å². The highest BCUT2D eigenvalue weighted by molar-refractivity contribution is 6.20. The van der Waals surface area contributed by atoms with Gasteiger partial charge in [-0.3, -0.25) is 4.79 Å². The summed E-state index contributed by atoms with van der Waals surface area (Å²) in [4.78, 5) is 28.3. The van der Waals surface area contributed by atoms with Crippen LogP contribution in [0, 0.1) is 6.92 Å². The van der Waals surface area contributed by atoms with Gasteiger partial charge in [-0.2, -0.15) is 0 Å². The molecular weight excluding hydrogens is 328 g/mol. The van der Waals surface area contributed by atoms with Crippen molar-refractivity contribution in [2.45, 2.75) is 13.0 Å². The lowest BCUT2D eigenvalue weighted by Gasteiger charge is -2.15. The third kappa shape index (κ3) is 2.47. The smallest absolute Gasteiger partial charge is 0.311 e. The summed E-state index contributed by atoms with van der Waals surface area (Å²) < 4.78 is 1.73. The number of imide groups is 1. The summed E-state index contributed by atoms with van der Waals surface area (Å²) in [6, 6.07) is 19.7. The molecule has 1 atom stereocenters. The van der Waals surface area contributed by atoms with Gasteiger partial charge in [0.05, 0.1) is 5.69 Å². The molecule has 4 rings (SSSR count). The predicted octanol–water partition coefficient (Wildman–Crippen LogP) is 3.32. The lowest BCUT2D eigenvalue weighted by atomic mass is 10.1. The largest absolute Gasteiger partial charge is 0.333 e. The monoisotopic (exact) mass is 346 g/mol. The van der Waals surface area contributed by atoms with Crippen LogP contribution in [-0.2, 0) is 4.79 Å². The van der Waals surface area contributed by atoms with Crippen LogP contribution in [0.25, 0.3) is 5.69 Å². The summed E-state index contributed by atoms with van der Waals surface area (Å²) in [5.74, 6) is 0.0491. The maximum Gasteiger partial charge on any atom is 0.333 e. The molecule has 0 radical (unpaired) electrons. The first kappa shape index (κ1) is 16.1. The Bertz CT molecular complexity index is 966. The number of carbonyl (C=O) groups excluding carboxylic acids is 2. The average molecular weight is 346 g/mol. The Morgan fingerprint density at radius 1 is 0.923 bits per heavy atom. The van der Waals surface area contributed by atoms with Crippen LogP contribution in [0.2, 0.25) is 0 Å². The molecule has 1 aliphatic heterocycles. The zero-order valence-electron chi connectivity index (χ0n) is 14.5. The molecule has 0 N–H and O–H groups in total. The van der Waals surface area contributed by atoms with Crippen LogP contribution in [0.4, 0.5) is 10.6 Å². The van der Waals surface area contributed by atoms with Crippen molar-refractivity contribution in [2.24, 2.45) is 0 Å². The van der Waals surface area contributed by atoms with E-state index in [1.165, 1.54) is 4.90 Å². The summed E-state index contributed by atoms with van der Waals surface area (Å²) in [5.41, 5.74) is 2.51. The summed E-state index contributed by atoms with van der Waals surface area (Å²) in [7, 11) is 1.64. The van der Waals surface area contributed by atoms with Crippen LogP contribution in [0.5, 0.6) is 0 Å². The Labute approximate surface area is 151 Å². The van der Waals surface area contributed by atoms with Gasteiger partial charge in [-0.25, -0.2) is 14.4 Å². The van der Waals surface area contributed by atoms with Crippen LogP contribution in [-0.4, -0.2) is 33.7 Å². The maximum atomic E-state index is 13.0. The lowest BCUT2D eigenvalue weighted by molar-refractivity contribution is -0.119. The Morgan fingerprint density at radius 2 is 1.54 bits per heavy atom. The normalized spacial score (nSPS) is 17.2. The minimum absolute atomic E-state index is 0.290. The Morgan fingerprint density at radius 3 is 2.19 bits per heavy atom. The van der Waals surface area contributed by atoms with E-state index in [1.54, 1.807) is 17.8 Å². The molecule has 6 heteroatoms. The van der Waals surface area contributed by atoms with E-state index in [0.29, 0.717) is 5.82 Å². The van der Waals surface area contributed by atoms with Crippen LogP contribution >= 0.6 is 0 Å². The number of nitrogens with zero attached hydrogens (tertiary/aromatic N) is 4. The number of para-hydroxylation sites is 1. The van der Waals surface area contributed by atoms with Gasteiger partial charge in [0.1, 0.15) is 6.04 Å². The van der Waals surface area contributed by atoms with Crippen molar-refractivity contribution < 1.29 is 9.59 Å². The van der Waals surface area contributed by atoms with Gasteiger partial charge in [0.25, 0.3) is 5.91 Å². The molecule has 1 saturated heterocycles. The fourth-order valence-electron chi connectivity index (χ4n) is 3.26. The van der Waals surface area contributed by atoms with Crippen molar-refractivity contribution in [3.05, 3.63) is 78.0 Å². The Hall–Kier alpha value is -3.41. The number of likely N-dealkylation sites (N-methyl/N-ethyl adjacent to an activating group) is 1. The van der Waals surface area contributed by atoms with E-state index in [1.807, 2.05) is 67.6 Å². The van der Waals surface area contributed by atoms with Crippen molar-refractivity contribution in [1.82, 2.24) is 14.7 Å². The van der Waals surface area contributed by atoms with Gasteiger partial charge in [-0.1, -0.05) is 48.5 Å². The standard InChI is InChI=1S/C20H18N4O2/c1-14-13-17(21-24(14)16-11-7-4-8-12-16)23-19(25)18(22(2)20(23)26)15-9-5-3-6-10-15/h3-13,18H,1-2H3. The molecule has 3 aromatic rings. The summed E-state index contributed by atoms with van der Waals surface area (Å²) in [5, 5.41) is 4.50. The number of benzene rings is 2. The minimum atomic E-state index is -0.633. The van der Waals surface area contributed by atoms with Gasteiger partial charge in [-0.15, -0.1) is 5.10 Å². The topological polar surface area (TPSA) is 58.4 Å². The molecule has 2 heterocycles. The lowest BCUT2D eigenvalue weighted by Crippen LogP contribution is -2.31. The first-order valence-corrected chi connectivity index (χ1v) is 8.35. The summed E-state index contributed by atoms with van der Waals surface area (Å²) in [6.07, 6.45) is 0. The van der Waals surface area contributed by atoms with Crippen LogP contribution in [0.3, 0.4) is 0 Å². The van der Waals surface area contributed by atoms with Crippen molar-refractivity contribution in [3.63, 3.8) is 0 Å². The zero-order chi connectivity index (χ0) is 18.3. The molecule has 0 saturated carbocycles. The number of amides is 3. The van der Waals surface area contributed by atoms with E-state index in [9.17, 15) is 9.59 Å². The zero-order valence-corrected chi connectivity index (χ0v) is 14.5. The molecular formula is C20H18N4O2. The van der Waals surface area contributed by atoms with Gasteiger partial charge >= 0.3 is 6.03 Å². The van der Waals surface area contributed by atoms with E-state index in [0.717, 1.165) is 21.8 Å². The first-order valence-electron chi connectivity index (χ1n) is 8.35. The summed E-state index contributed by atoms with van der Waals surface area (Å²) >= 11 is 0. The van der Waals surface area contributed by atoms with Crippen molar-refractivity contribution in [2.75, 3.05) is 11.9 Å². The maximum absolute atomic E-state index is 13.0. The molecule has 1 aliphatic rings. The average Bonchev–Trinajstić information content (AvgIpc) is 3.14. The van der Waals surface area contributed by atoms with E-state index < -0.39 is 6.04 Å². The van der Waals surface area contributed by atoms with E-state index in [4.69, 9.17) is 0 Å². The minimum Gasteiger partial charge on any atom is -0.311 e. The molecule has 6 nitrogen and oxygen atoms in total. The van der Waals surface area contributed by atoms with Crippen molar-refractivity contribution in [1.29, 1.82) is 0 Å². The Kier molecular flexibility index (Phi) is 3.80. The molecule has 130 valence electrons. The van der Waals surface area contributed by atoms with Crippen molar-refractivity contribution in [3.8, 4) is 5.69 Å². The van der Waals surface area contributed by atoms with E-state index >= 15 is 0 Å². The predicted molar refractivity (Wildman–Crippen MR) is 98.1 cm³/mol. The van der Waals surface area contributed by atoms with Gasteiger partial charge < -0.3 is 4.90 Å². The van der Waals surface area contributed by atoms with E-state index in [-0.39, 0.29) is 11.9 Å². The second-order valence-electron chi connectivity index (χ2n) is 6.27. The third-order valence-electron chi connectivity index (χ3n) is 4.55. The van der Waals surface area contributed by atoms with E-state index in [2.05, 4.69) is 5.10 Å². The molecule has 26 heavy (non-hydrogen) atoms. The molecule has 0 bridgehead atoms. The number of rotatable bonds is 3. The van der Waals surface area contributed by atoms with Crippen LogP contribution in [0.1, 0.15) is 17.3 Å². The quantitative estimate of drug-likeness (QED) is 0.684. The summed E-state index contributed by atoms with van der Waals surface area (Å²) in [6.45, 7) is 1.90. The highest BCUT2D eigenvalue weighted by atomic mass is 16.2. The number of hydrogen-bond acceptors (Lipinski definition) is 3. The van der Waals surface area contributed by atoms with Gasteiger partial charge in [-0.05, 0) is 24.6 Å². The second-order valence-corrected chi connectivity index (χ2v) is 6.27. The molecule has 3 amide bonds. The molecule has 0 spiro atoms. The van der Waals surface area contributed by atoms with Crippen LogP contribution in [0.15, 0.2) is 66.7 Å². The first-order chi connectivity index (χ1) is 12.6. The number of aryl methyl sites for hydroxylation is 1. The molecule has 1 fully saturated rings. The molecule has 2 aromatic carbocycles. The second kappa shape index (κ2) is 6.15. The number of hydrogen-bond donors (Lipinski definition) is 0. The SMILES string of the molecule is Cc1cc(N2C(=O)C(c3ccccc3)N(C)C2=O)nn1-c1ccccc1. The molecule has 1 aromatic heterocycles. The fourth-order valence-corrected chi connectivity index (χ4v) is 3.26. The van der Waals surface area contributed by atoms with Gasteiger partial charge in [0.15, 0.2) is 5.82 Å². The van der Waals surface area contributed by atoms with Crippen molar-refractivity contribution >= 4 is 17.8 Å². The Balaban J connectivity index is 1.73. The van der Waals surface area contributed by atoms with Gasteiger partial charge in [0, 0.05) is 18.8 Å². The number of anilines is 1. The van der Waals surface area contributed by atoms with Crippen LogP contribution < -0.4 is 4.90 Å². The third-order valence-corrected chi connectivity index (χ3v) is 4.55. The highest BCUT2D eigenvalue weighted by Crippen LogP contribution is 2.33. The highest BCUT2D eigenvalue weighted by Gasteiger charge is 2.45. The molecule has 0 aliphatic carbocycles. The number of urea groups is 1. The fraction of sp³-hybridized carbons (Fsp3) is 0.150. The molecule has 1 unspecified atom stereocenters. The number of aromatic nitrogens is 2. The number of carbonyl (C=O) groups is 2.